The lowest BCUT2D eigenvalue weighted by Crippen LogP contribution is -2.18. The van der Waals surface area contributed by atoms with Gasteiger partial charge in [0.05, 0.1) is 0 Å². The van der Waals surface area contributed by atoms with Gasteiger partial charge in [-0.15, -0.1) is 0 Å². The highest BCUT2D eigenvalue weighted by Gasteiger charge is 2.33. The predicted octanol–water partition coefficient (Wildman–Crippen LogP) is 3.96. The molecule has 0 bridgehead atoms. The van der Waals surface area contributed by atoms with Crippen LogP contribution in [0.25, 0.3) is 0 Å². The lowest BCUT2D eigenvalue weighted by atomic mass is 10.6. The van der Waals surface area contributed by atoms with Gasteiger partial charge in [0.25, 0.3) is 0 Å². The Balaban J connectivity index is 3.29. The third-order valence-corrected chi connectivity index (χ3v) is 2.49. The summed E-state index contributed by atoms with van der Waals surface area (Å²) in [5, 5.41) is 2.82. The van der Waals surface area contributed by atoms with E-state index in [2.05, 4.69) is 20.3 Å². The number of nitrogens with one attached hydrogen (secondary N) is 1. The summed E-state index contributed by atoms with van der Waals surface area (Å²) in [5.41, 5.74) is 0. The number of hydrogen-bond acceptors (Lipinski definition) is 4. The average molecular weight is 359 g/mol. The molecule has 4 nitrogen and oxygen atoms in total. The molecule has 1 aromatic rings. The first-order valence-electron chi connectivity index (χ1n) is 4.29. The zero-order valence-corrected chi connectivity index (χ0v) is 12.9. The zero-order valence-electron chi connectivity index (χ0n) is 8.32. The summed E-state index contributed by atoms with van der Waals surface area (Å²) in [6.07, 6.45) is 0. The van der Waals surface area contributed by atoms with E-state index >= 15 is 0 Å². The molecule has 1 N–H and O–H groups in total. The predicted molar refractivity (Wildman–Crippen MR) is 72.5 cm³/mol. The van der Waals surface area contributed by atoms with E-state index in [1.54, 1.807) is 0 Å². The molecule has 0 saturated heterocycles. The molecule has 0 aromatic carbocycles. The molecule has 17 heavy (non-hydrogen) atoms. The van der Waals surface area contributed by atoms with Crippen LogP contribution in [0.5, 0.6) is 0 Å². The molecule has 0 aliphatic heterocycles. The Kier molecular flexibility index (Phi) is 5.21. The van der Waals surface area contributed by atoms with Crippen LogP contribution in [0.3, 0.4) is 0 Å². The van der Waals surface area contributed by atoms with Crippen molar-refractivity contribution in [2.75, 3.05) is 11.9 Å². The Morgan fingerprint density at radius 2 is 1.29 bits per heavy atom. The first kappa shape index (κ1) is 15.6. The molecule has 96 valence electrons. The Morgan fingerprint density at radius 1 is 0.882 bits per heavy atom. The highest BCUT2D eigenvalue weighted by molar-refractivity contribution is 6.67. The molecule has 0 atom stereocenters. The van der Waals surface area contributed by atoms with Crippen molar-refractivity contribution in [2.24, 2.45) is 0 Å². The molecule has 10 heteroatoms. The van der Waals surface area contributed by atoms with Crippen molar-refractivity contribution < 1.29 is 0 Å². The number of rotatable bonds is 2. The second-order valence-electron chi connectivity index (χ2n) is 2.83. The van der Waals surface area contributed by atoms with E-state index in [0.717, 1.165) is 0 Å². The number of halogens is 6. The molecular formula is C7H6Cl6N4. The largest absolute Gasteiger partial charge is 0.354 e. The van der Waals surface area contributed by atoms with Gasteiger partial charge in [-0.05, 0) is 6.92 Å². The molecule has 1 rings (SSSR count). The Bertz CT molecular complexity index is 366. The maximum absolute atomic E-state index is 5.67. The SMILES string of the molecule is CCNc1nc(C(Cl)(Cl)Cl)nc(C(Cl)(Cl)Cl)n1. The maximum atomic E-state index is 5.67. The van der Waals surface area contributed by atoms with Gasteiger partial charge in [0.1, 0.15) is 0 Å². The normalized spacial score (nSPS) is 12.6. The van der Waals surface area contributed by atoms with Crippen LogP contribution in [-0.4, -0.2) is 21.5 Å². The van der Waals surface area contributed by atoms with Gasteiger partial charge in [0.15, 0.2) is 11.6 Å². The lowest BCUT2D eigenvalue weighted by Gasteiger charge is -2.15. The highest BCUT2D eigenvalue weighted by Crippen LogP contribution is 2.40. The monoisotopic (exact) mass is 356 g/mol. The first-order valence-corrected chi connectivity index (χ1v) is 6.55. The van der Waals surface area contributed by atoms with Gasteiger partial charge in [-0.2, -0.15) is 9.97 Å². The molecule has 0 saturated carbocycles. The van der Waals surface area contributed by atoms with Crippen molar-refractivity contribution in [3.8, 4) is 0 Å². The van der Waals surface area contributed by atoms with Crippen molar-refractivity contribution in [2.45, 2.75) is 14.5 Å². The van der Waals surface area contributed by atoms with Crippen molar-refractivity contribution in [3.63, 3.8) is 0 Å². The molecule has 0 fully saturated rings. The van der Waals surface area contributed by atoms with Crippen LogP contribution in [0.15, 0.2) is 0 Å². The van der Waals surface area contributed by atoms with Gasteiger partial charge >= 0.3 is 0 Å². The van der Waals surface area contributed by atoms with Crippen molar-refractivity contribution in [3.05, 3.63) is 11.6 Å². The van der Waals surface area contributed by atoms with E-state index < -0.39 is 7.59 Å². The number of nitrogens with zero attached hydrogens (tertiary/aromatic N) is 3. The standard InChI is InChI=1S/C7H6Cl6N4/c1-2-14-5-16-3(6(8,9)10)15-4(17-5)7(11,12)13/h2H2,1H3,(H,14,15,16,17). The summed E-state index contributed by atoms with van der Waals surface area (Å²) in [6, 6.07) is 0. The molecule has 0 unspecified atom stereocenters. The summed E-state index contributed by atoms with van der Waals surface area (Å²) in [5.74, 6) is -0.0605. The summed E-state index contributed by atoms with van der Waals surface area (Å²) in [6.45, 7) is 2.40. The Hall–Kier alpha value is 0.550. The second-order valence-corrected chi connectivity index (χ2v) is 7.39. The first-order chi connectivity index (χ1) is 7.64. The molecule has 0 aliphatic rings. The third kappa shape index (κ3) is 4.62. The van der Waals surface area contributed by atoms with Gasteiger partial charge in [0, 0.05) is 6.54 Å². The number of aromatic nitrogens is 3. The average Bonchev–Trinajstić information content (AvgIpc) is 2.15. The quantitative estimate of drug-likeness (QED) is 0.813. The second kappa shape index (κ2) is 5.68. The fraction of sp³-hybridized carbons (Fsp3) is 0.571. The van der Waals surface area contributed by atoms with Crippen molar-refractivity contribution in [1.29, 1.82) is 0 Å². The fourth-order valence-corrected chi connectivity index (χ4v) is 1.37. The summed E-state index contributed by atoms with van der Waals surface area (Å²) >= 11 is 34.0. The lowest BCUT2D eigenvalue weighted by molar-refractivity contribution is 0.844. The molecule has 0 radical (unpaired) electrons. The van der Waals surface area contributed by atoms with Crippen LogP contribution in [-0.2, 0) is 7.59 Å². The van der Waals surface area contributed by atoms with Gasteiger partial charge < -0.3 is 5.32 Å². The topological polar surface area (TPSA) is 50.7 Å². The maximum Gasteiger partial charge on any atom is 0.250 e. The fourth-order valence-electron chi connectivity index (χ4n) is 0.867. The summed E-state index contributed by atoms with van der Waals surface area (Å²) in [7, 11) is 0. The smallest absolute Gasteiger partial charge is 0.250 e. The molecule has 0 spiro atoms. The zero-order chi connectivity index (χ0) is 13.3. The van der Waals surface area contributed by atoms with E-state index in [1.807, 2.05) is 6.92 Å². The van der Waals surface area contributed by atoms with Gasteiger partial charge in [-0.1, -0.05) is 69.6 Å². The summed E-state index contributed by atoms with van der Waals surface area (Å²) < 4.78 is -3.64. The van der Waals surface area contributed by atoms with Crippen LogP contribution in [0.4, 0.5) is 5.95 Å². The van der Waals surface area contributed by atoms with Crippen LogP contribution < -0.4 is 5.32 Å². The van der Waals surface area contributed by atoms with Crippen molar-refractivity contribution in [1.82, 2.24) is 15.0 Å². The van der Waals surface area contributed by atoms with Gasteiger partial charge in [-0.25, -0.2) is 4.98 Å². The minimum atomic E-state index is -1.82. The molecule has 0 aliphatic carbocycles. The van der Waals surface area contributed by atoms with E-state index in [9.17, 15) is 0 Å². The van der Waals surface area contributed by atoms with Crippen LogP contribution in [0.2, 0.25) is 0 Å². The van der Waals surface area contributed by atoms with Crippen LogP contribution in [0, 0.1) is 0 Å². The third-order valence-electron chi connectivity index (χ3n) is 1.48. The minimum Gasteiger partial charge on any atom is -0.354 e. The Morgan fingerprint density at radius 3 is 1.59 bits per heavy atom. The van der Waals surface area contributed by atoms with E-state index in [-0.39, 0.29) is 17.6 Å². The van der Waals surface area contributed by atoms with Gasteiger partial charge in [-0.3, -0.25) is 0 Å². The van der Waals surface area contributed by atoms with Crippen LogP contribution in [0.1, 0.15) is 18.6 Å². The van der Waals surface area contributed by atoms with Gasteiger partial charge in [0.2, 0.25) is 13.5 Å². The minimum absolute atomic E-state index is 0.116. The molecule has 1 aromatic heterocycles. The van der Waals surface area contributed by atoms with E-state index in [1.165, 1.54) is 0 Å². The Labute approximate surface area is 128 Å². The molecule has 0 amide bonds. The molecule has 1 heterocycles. The number of hydrogen-bond donors (Lipinski definition) is 1. The number of anilines is 1. The molecular weight excluding hydrogens is 353 g/mol. The van der Waals surface area contributed by atoms with E-state index in [0.29, 0.717) is 6.54 Å². The van der Waals surface area contributed by atoms with Crippen molar-refractivity contribution >= 4 is 75.6 Å². The van der Waals surface area contributed by atoms with Crippen LogP contribution >= 0.6 is 69.6 Å². The highest BCUT2D eigenvalue weighted by atomic mass is 35.6. The van der Waals surface area contributed by atoms with E-state index in [4.69, 9.17) is 69.6 Å². The number of alkyl halides is 6. The summed E-state index contributed by atoms with van der Waals surface area (Å²) in [4.78, 5) is 11.6.